The smallest absolute Gasteiger partial charge is 0.328 e. The van der Waals surface area contributed by atoms with E-state index in [2.05, 4.69) is 15.2 Å². The van der Waals surface area contributed by atoms with Crippen LogP contribution in [0.5, 0.6) is 0 Å². The van der Waals surface area contributed by atoms with Gasteiger partial charge in [0.05, 0.1) is 24.2 Å². The van der Waals surface area contributed by atoms with Gasteiger partial charge in [0.1, 0.15) is 5.82 Å². The highest BCUT2D eigenvalue weighted by molar-refractivity contribution is 6.31. The second kappa shape index (κ2) is 9.80. The number of anilines is 2. The van der Waals surface area contributed by atoms with E-state index in [4.69, 9.17) is 16.3 Å². The Morgan fingerprint density at radius 2 is 1.88 bits per heavy atom. The third-order valence-electron chi connectivity index (χ3n) is 7.11. The number of morpholine rings is 1. The number of aryl methyl sites for hydroxylation is 1. The lowest BCUT2D eigenvalue weighted by molar-refractivity contribution is -0.121. The van der Waals surface area contributed by atoms with Crippen molar-refractivity contribution in [2.75, 3.05) is 36.5 Å². The normalized spacial score (nSPS) is 21.1. The number of hydrogen-bond acceptors (Lipinski definition) is 5. The monoisotopic (exact) mass is 483 g/mol. The first-order chi connectivity index (χ1) is 16.5. The predicted octanol–water partition coefficient (Wildman–Crippen LogP) is 3.67. The van der Waals surface area contributed by atoms with Crippen LogP contribution in [-0.4, -0.2) is 46.3 Å². The highest BCUT2D eigenvalue weighted by atomic mass is 35.5. The number of aromatic nitrogens is 3. The SMILES string of the molecule is Cn1c(=O)n(CC2CCC(C(=O)Nc3ccnc(N4CCOCC4)c3)CC2)c2cc(Cl)ccc21. The summed E-state index contributed by atoms with van der Waals surface area (Å²) in [5, 5.41) is 3.71. The number of hydrogen-bond donors (Lipinski definition) is 1. The maximum atomic E-state index is 13.0. The Labute approximate surface area is 203 Å². The summed E-state index contributed by atoms with van der Waals surface area (Å²) in [5.74, 6) is 1.27. The zero-order valence-corrected chi connectivity index (χ0v) is 20.1. The third-order valence-corrected chi connectivity index (χ3v) is 7.35. The molecule has 5 rings (SSSR count). The van der Waals surface area contributed by atoms with Crippen LogP contribution in [0.25, 0.3) is 11.0 Å². The number of ether oxygens (including phenoxy) is 1. The first-order valence-corrected chi connectivity index (χ1v) is 12.3. The molecule has 1 amide bonds. The van der Waals surface area contributed by atoms with E-state index in [1.807, 2.05) is 34.9 Å². The molecule has 3 heterocycles. The number of fused-ring (bicyclic) bond motifs is 1. The lowest BCUT2D eigenvalue weighted by Gasteiger charge is -2.29. The summed E-state index contributed by atoms with van der Waals surface area (Å²) >= 11 is 6.19. The van der Waals surface area contributed by atoms with Crippen LogP contribution < -0.4 is 15.9 Å². The van der Waals surface area contributed by atoms with Gasteiger partial charge in [-0.25, -0.2) is 9.78 Å². The van der Waals surface area contributed by atoms with E-state index >= 15 is 0 Å². The van der Waals surface area contributed by atoms with Gasteiger partial charge in [0, 0.05) is 55.6 Å². The molecule has 9 heteroatoms. The van der Waals surface area contributed by atoms with Gasteiger partial charge in [-0.05, 0) is 55.9 Å². The molecule has 1 aliphatic carbocycles. The molecule has 2 aromatic heterocycles. The number of benzene rings is 1. The van der Waals surface area contributed by atoms with E-state index in [1.165, 1.54) is 0 Å². The molecule has 2 fully saturated rings. The number of rotatable bonds is 5. The number of imidazole rings is 1. The van der Waals surface area contributed by atoms with Gasteiger partial charge in [0.25, 0.3) is 0 Å². The van der Waals surface area contributed by atoms with Crippen LogP contribution in [-0.2, 0) is 23.1 Å². The van der Waals surface area contributed by atoms with Crippen molar-refractivity contribution < 1.29 is 9.53 Å². The van der Waals surface area contributed by atoms with E-state index in [0.29, 0.717) is 30.7 Å². The number of nitrogens with zero attached hydrogens (tertiary/aromatic N) is 4. The van der Waals surface area contributed by atoms with Crippen molar-refractivity contribution in [1.82, 2.24) is 14.1 Å². The van der Waals surface area contributed by atoms with Gasteiger partial charge in [-0.3, -0.25) is 13.9 Å². The average molecular weight is 484 g/mol. The largest absolute Gasteiger partial charge is 0.378 e. The van der Waals surface area contributed by atoms with Gasteiger partial charge in [0.2, 0.25) is 5.91 Å². The van der Waals surface area contributed by atoms with E-state index < -0.39 is 0 Å². The minimum atomic E-state index is -0.0223. The molecule has 1 saturated carbocycles. The lowest BCUT2D eigenvalue weighted by Crippen LogP contribution is -2.36. The maximum absolute atomic E-state index is 13.0. The Bertz CT molecular complexity index is 1240. The van der Waals surface area contributed by atoms with E-state index in [-0.39, 0.29) is 17.5 Å². The second-order valence-electron chi connectivity index (χ2n) is 9.29. The standard InChI is InChI=1S/C25H30ClN5O3/c1-29-21-7-6-19(26)14-22(21)31(25(29)33)16-17-2-4-18(5-3-17)24(32)28-20-8-9-27-23(15-20)30-10-12-34-13-11-30/h6-9,14-15,17-18H,2-5,10-13,16H2,1H3,(H,27,28,32). The molecule has 1 N–H and O–H groups in total. The van der Waals surface area contributed by atoms with Gasteiger partial charge < -0.3 is 15.0 Å². The molecule has 0 atom stereocenters. The fraction of sp³-hybridized carbons (Fsp3) is 0.480. The number of amides is 1. The number of carbonyl (C=O) groups is 1. The molecular formula is C25H30ClN5O3. The van der Waals surface area contributed by atoms with Crippen molar-refractivity contribution in [3.63, 3.8) is 0 Å². The van der Waals surface area contributed by atoms with Crippen LogP contribution in [0, 0.1) is 11.8 Å². The number of pyridine rings is 1. The van der Waals surface area contributed by atoms with Crippen molar-refractivity contribution in [3.8, 4) is 0 Å². The summed E-state index contributed by atoms with van der Waals surface area (Å²) in [5.41, 5.74) is 2.51. The Morgan fingerprint density at radius 1 is 1.12 bits per heavy atom. The fourth-order valence-corrected chi connectivity index (χ4v) is 5.30. The summed E-state index contributed by atoms with van der Waals surface area (Å²) in [6, 6.07) is 9.33. The van der Waals surface area contributed by atoms with Crippen molar-refractivity contribution in [2.24, 2.45) is 18.9 Å². The zero-order chi connectivity index (χ0) is 23.7. The van der Waals surface area contributed by atoms with Gasteiger partial charge in [0.15, 0.2) is 0 Å². The minimum Gasteiger partial charge on any atom is -0.378 e. The molecular weight excluding hydrogens is 454 g/mol. The first-order valence-electron chi connectivity index (χ1n) is 11.9. The Kier molecular flexibility index (Phi) is 6.61. The van der Waals surface area contributed by atoms with Gasteiger partial charge in [-0.15, -0.1) is 0 Å². The highest BCUT2D eigenvalue weighted by Crippen LogP contribution is 2.32. The van der Waals surface area contributed by atoms with Gasteiger partial charge in [-0.1, -0.05) is 11.6 Å². The van der Waals surface area contributed by atoms with E-state index in [0.717, 1.165) is 61.3 Å². The molecule has 3 aromatic rings. The molecule has 0 radical (unpaired) electrons. The molecule has 1 aliphatic heterocycles. The topological polar surface area (TPSA) is 81.4 Å². The summed E-state index contributed by atoms with van der Waals surface area (Å²) in [7, 11) is 1.79. The molecule has 0 unspecified atom stereocenters. The maximum Gasteiger partial charge on any atom is 0.328 e. The van der Waals surface area contributed by atoms with Crippen LogP contribution in [0.4, 0.5) is 11.5 Å². The lowest BCUT2D eigenvalue weighted by atomic mass is 9.81. The fourth-order valence-electron chi connectivity index (χ4n) is 5.13. The molecule has 1 aromatic carbocycles. The molecule has 180 valence electrons. The summed E-state index contributed by atoms with van der Waals surface area (Å²) in [4.78, 5) is 32.4. The average Bonchev–Trinajstić information content (AvgIpc) is 3.09. The second-order valence-corrected chi connectivity index (χ2v) is 9.73. The van der Waals surface area contributed by atoms with Crippen molar-refractivity contribution in [3.05, 3.63) is 52.0 Å². The third kappa shape index (κ3) is 4.70. The van der Waals surface area contributed by atoms with E-state index in [9.17, 15) is 9.59 Å². The van der Waals surface area contributed by atoms with Crippen LogP contribution in [0.2, 0.25) is 5.02 Å². The number of carbonyl (C=O) groups excluding carboxylic acids is 1. The summed E-state index contributed by atoms with van der Waals surface area (Å²) < 4.78 is 8.91. The van der Waals surface area contributed by atoms with Crippen LogP contribution >= 0.6 is 11.6 Å². The van der Waals surface area contributed by atoms with Crippen LogP contribution in [0.15, 0.2) is 41.3 Å². The predicted molar refractivity (Wildman–Crippen MR) is 134 cm³/mol. The number of halogens is 1. The van der Waals surface area contributed by atoms with Gasteiger partial charge >= 0.3 is 5.69 Å². The number of nitrogens with one attached hydrogen (secondary N) is 1. The van der Waals surface area contributed by atoms with Crippen molar-refractivity contribution in [2.45, 2.75) is 32.2 Å². The Balaban J connectivity index is 1.20. The molecule has 0 spiro atoms. The molecule has 0 bridgehead atoms. The van der Waals surface area contributed by atoms with E-state index in [1.54, 1.807) is 17.8 Å². The van der Waals surface area contributed by atoms with Crippen LogP contribution in [0.1, 0.15) is 25.7 Å². The quantitative estimate of drug-likeness (QED) is 0.598. The molecule has 1 saturated heterocycles. The van der Waals surface area contributed by atoms with Gasteiger partial charge in [-0.2, -0.15) is 0 Å². The highest BCUT2D eigenvalue weighted by Gasteiger charge is 2.28. The van der Waals surface area contributed by atoms with Crippen LogP contribution in [0.3, 0.4) is 0 Å². The molecule has 34 heavy (non-hydrogen) atoms. The minimum absolute atomic E-state index is 0.0186. The first kappa shape index (κ1) is 22.9. The zero-order valence-electron chi connectivity index (χ0n) is 19.4. The molecule has 2 aliphatic rings. The van der Waals surface area contributed by atoms with Crippen molar-refractivity contribution in [1.29, 1.82) is 0 Å². The summed E-state index contributed by atoms with van der Waals surface area (Å²) in [6.45, 7) is 3.65. The Morgan fingerprint density at radius 3 is 2.65 bits per heavy atom. The molecule has 8 nitrogen and oxygen atoms in total. The summed E-state index contributed by atoms with van der Waals surface area (Å²) in [6.07, 6.45) is 5.20. The Hall–Kier alpha value is -2.84. The van der Waals surface area contributed by atoms with Crippen molar-refractivity contribution >= 4 is 40.0 Å².